The maximum Gasteiger partial charge on any atom is 0.220 e. The fourth-order valence-corrected chi connectivity index (χ4v) is 1.13. The molecule has 0 aliphatic carbocycles. The van der Waals surface area contributed by atoms with E-state index < -0.39 is 6.10 Å². The highest BCUT2D eigenvalue weighted by molar-refractivity contribution is 5.76. The second-order valence-corrected chi connectivity index (χ2v) is 4.35. The van der Waals surface area contributed by atoms with Gasteiger partial charge in [-0.1, -0.05) is 34.1 Å². The van der Waals surface area contributed by atoms with Crippen molar-refractivity contribution in [1.29, 1.82) is 0 Å². The van der Waals surface area contributed by atoms with Crippen LogP contribution in [0.3, 0.4) is 0 Å². The molecule has 0 aliphatic rings. The molecule has 0 heterocycles. The van der Waals surface area contributed by atoms with Gasteiger partial charge in [-0.15, -0.1) is 0 Å². The highest BCUT2D eigenvalue weighted by atomic mass is 16.3. The average Bonchev–Trinajstić information content (AvgIpc) is 2.11. The number of hydrogen-bond acceptors (Lipinski definition) is 2. The van der Waals surface area contributed by atoms with E-state index >= 15 is 0 Å². The van der Waals surface area contributed by atoms with Gasteiger partial charge in [-0.05, 0) is 11.8 Å². The van der Waals surface area contributed by atoms with Crippen LogP contribution in [0.1, 0.15) is 40.5 Å². The van der Waals surface area contributed by atoms with Crippen molar-refractivity contribution >= 4 is 5.91 Å². The first-order valence-electron chi connectivity index (χ1n) is 5.42. The Bertz CT molecular complexity index is 169. The summed E-state index contributed by atoms with van der Waals surface area (Å²) in [6.45, 7) is 8.40. The molecule has 0 radical (unpaired) electrons. The Morgan fingerprint density at radius 1 is 1.36 bits per heavy atom. The quantitative estimate of drug-likeness (QED) is 0.685. The van der Waals surface area contributed by atoms with Crippen LogP contribution in [-0.2, 0) is 4.79 Å². The van der Waals surface area contributed by atoms with Gasteiger partial charge in [-0.3, -0.25) is 4.79 Å². The topological polar surface area (TPSA) is 49.3 Å². The fourth-order valence-electron chi connectivity index (χ4n) is 1.13. The Labute approximate surface area is 86.9 Å². The van der Waals surface area contributed by atoms with Crippen LogP contribution < -0.4 is 5.32 Å². The minimum absolute atomic E-state index is 0.0300. The summed E-state index contributed by atoms with van der Waals surface area (Å²) in [6, 6.07) is 0. The van der Waals surface area contributed by atoms with Crippen molar-refractivity contribution in [1.82, 2.24) is 5.32 Å². The zero-order valence-electron chi connectivity index (χ0n) is 9.71. The molecule has 1 amide bonds. The molecule has 2 N–H and O–H groups in total. The summed E-state index contributed by atoms with van der Waals surface area (Å²) in [4.78, 5) is 11.2. The van der Waals surface area contributed by atoms with Crippen LogP contribution in [0.15, 0.2) is 0 Å². The summed E-state index contributed by atoms with van der Waals surface area (Å²) in [5.41, 5.74) is 0. The zero-order valence-corrected chi connectivity index (χ0v) is 9.71. The molecule has 0 aliphatic heterocycles. The Balaban J connectivity index is 3.66. The van der Waals surface area contributed by atoms with E-state index in [1.165, 1.54) is 0 Å². The summed E-state index contributed by atoms with van der Waals surface area (Å²) in [6.07, 6.45) is 1.05. The lowest BCUT2D eigenvalue weighted by atomic mass is 10.0. The van der Waals surface area contributed by atoms with E-state index in [2.05, 4.69) is 5.32 Å². The lowest BCUT2D eigenvalue weighted by molar-refractivity contribution is -0.122. The monoisotopic (exact) mass is 201 g/mol. The lowest BCUT2D eigenvalue weighted by Gasteiger charge is -2.17. The number of aliphatic hydroxyl groups excluding tert-OH is 1. The molecule has 0 aromatic carbocycles. The predicted octanol–water partition coefficient (Wildman–Crippen LogP) is 1.56. The predicted molar refractivity (Wildman–Crippen MR) is 57.9 cm³/mol. The van der Waals surface area contributed by atoms with Gasteiger partial charge in [0.25, 0.3) is 0 Å². The van der Waals surface area contributed by atoms with E-state index in [4.69, 9.17) is 0 Å². The van der Waals surface area contributed by atoms with Crippen LogP contribution in [0, 0.1) is 11.8 Å². The van der Waals surface area contributed by atoms with Crippen molar-refractivity contribution < 1.29 is 9.90 Å². The molecular weight excluding hydrogens is 178 g/mol. The van der Waals surface area contributed by atoms with Crippen LogP contribution >= 0.6 is 0 Å². The van der Waals surface area contributed by atoms with Crippen LogP contribution in [0.2, 0.25) is 0 Å². The first-order valence-corrected chi connectivity index (χ1v) is 5.42. The minimum Gasteiger partial charge on any atom is -0.391 e. The molecule has 0 saturated heterocycles. The van der Waals surface area contributed by atoms with Crippen molar-refractivity contribution in [2.24, 2.45) is 11.8 Å². The summed E-state index contributed by atoms with van der Waals surface area (Å²) in [5.74, 6) is 0.646. The van der Waals surface area contributed by atoms with Crippen molar-refractivity contribution in [2.75, 3.05) is 6.54 Å². The second-order valence-electron chi connectivity index (χ2n) is 4.35. The Morgan fingerprint density at radius 3 is 2.36 bits per heavy atom. The highest BCUT2D eigenvalue weighted by Gasteiger charge is 2.13. The molecule has 14 heavy (non-hydrogen) atoms. The number of aliphatic hydroxyl groups is 1. The third-order valence-corrected chi connectivity index (χ3v) is 2.40. The molecular formula is C11H23NO2. The molecule has 0 saturated carbocycles. The zero-order chi connectivity index (χ0) is 11.1. The van der Waals surface area contributed by atoms with Gasteiger partial charge in [0, 0.05) is 13.0 Å². The van der Waals surface area contributed by atoms with Crippen LogP contribution in [0.4, 0.5) is 0 Å². The maximum atomic E-state index is 11.2. The van der Waals surface area contributed by atoms with Gasteiger partial charge >= 0.3 is 0 Å². The highest BCUT2D eigenvalue weighted by Crippen LogP contribution is 2.06. The van der Waals surface area contributed by atoms with Gasteiger partial charge in [0.1, 0.15) is 0 Å². The van der Waals surface area contributed by atoms with Gasteiger partial charge in [0.15, 0.2) is 0 Å². The van der Waals surface area contributed by atoms with Gasteiger partial charge in [-0.2, -0.15) is 0 Å². The summed E-state index contributed by atoms with van der Waals surface area (Å²) in [5, 5.41) is 12.3. The van der Waals surface area contributed by atoms with E-state index in [-0.39, 0.29) is 11.8 Å². The van der Waals surface area contributed by atoms with E-state index in [1.54, 1.807) is 0 Å². The third-order valence-electron chi connectivity index (χ3n) is 2.40. The maximum absolute atomic E-state index is 11.2. The SMILES string of the molecule is CCC(C)C(O)CNC(=O)CC(C)C. The van der Waals surface area contributed by atoms with E-state index in [1.807, 2.05) is 27.7 Å². The molecule has 2 atom stereocenters. The van der Waals surface area contributed by atoms with Gasteiger partial charge < -0.3 is 10.4 Å². The van der Waals surface area contributed by atoms with Crippen LogP contribution in [0.5, 0.6) is 0 Å². The summed E-state index contributed by atoms with van der Waals surface area (Å²) in [7, 11) is 0. The van der Waals surface area contributed by atoms with Crippen molar-refractivity contribution in [2.45, 2.75) is 46.6 Å². The number of hydrogen-bond donors (Lipinski definition) is 2. The van der Waals surface area contributed by atoms with Crippen molar-refractivity contribution in [3.8, 4) is 0 Å². The average molecular weight is 201 g/mol. The fraction of sp³-hybridized carbons (Fsp3) is 0.909. The molecule has 0 fully saturated rings. The van der Waals surface area contributed by atoms with Gasteiger partial charge in [-0.25, -0.2) is 0 Å². The number of carbonyl (C=O) groups excluding carboxylic acids is 1. The van der Waals surface area contributed by atoms with E-state index in [0.717, 1.165) is 6.42 Å². The first kappa shape index (κ1) is 13.4. The molecule has 3 nitrogen and oxygen atoms in total. The number of amides is 1. The number of rotatable bonds is 6. The van der Waals surface area contributed by atoms with E-state index in [9.17, 15) is 9.90 Å². The molecule has 0 rings (SSSR count). The standard InChI is InChI=1S/C11H23NO2/c1-5-9(4)10(13)7-12-11(14)6-8(2)3/h8-10,13H,5-7H2,1-4H3,(H,12,14). The minimum atomic E-state index is -0.420. The first-order chi connectivity index (χ1) is 6.47. The van der Waals surface area contributed by atoms with Gasteiger partial charge in [0.05, 0.1) is 6.10 Å². The Morgan fingerprint density at radius 2 is 1.93 bits per heavy atom. The van der Waals surface area contributed by atoms with Gasteiger partial charge in [0.2, 0.25) is 5.91 Å². The molecule has 0 bridgehead atoms. The Kier molecular flexibility index (Phi) is 6.54. The number of nitrogens with one attached hydrogen (secondary N) is 1. The summed E-state index contributed by atoms with van der Waals surface area (Å²) >= 11 is 0. The van der Waals surface area contributed by atoms with Crippen molar-refractivity contribution in [3.05, 3.63) is 0 Å². The van der Waals surface area contributed by atoms with Crippen LogP contribution in [-0.4, -0.2) is 23.7 Å². The smallest absolute Gasteiger partial charge is 0.220 e. The lowest BCUT2D eigenvalue weighted by Crippen LogP contribution is -2.35. The Hall–Kier alpha value is -0.570. The molecule has 0 aromatic rings. The second kappa shape index (κ2) is 6.82. The molecule has 0 aromatic heterocycles. The molecule has 0 spiro atoms. The molecule has 84 valence electrons. The summed E-state index contributed by atoms with van der Waals surface area (Å²) < 4.78 is 0. The largest absolute Gasteiger partial charge is 0.391 e. The normalized spacial score (nSPS) is 15.3. The third kappa shape index (κ3) is 5.97. The molecule has 3 heteroatoms. The van der Waals surface area contributed by atoms with Crippen molar-refractivity contribution in [3.63, 3.8) is 0 Å². The van der Waals surface area contributed by atoms with E-state index in [0.29, 0.717) is 18.9 Å². The molecule has 2 unspecified atom stereocenters. The van der Waals surface area contributed by atoms with Crippen LogP contribution in [0.25, 0.3) is 0 Å². The number of carbonyl (C=O) groups is 1.